The lowest BCUT2D eigenvalue weighted by atomic mass is 10.1. The molecule has 2 aromatic rings. The van der Waals surface area contributed by atoms with E-state index in [1.165, 1.54) is 16.7 Å². The Labute approximate surface area is 102 Å². The van der Waals surface area contributed by atoms with Crippen LogP contribution < -0.4 is 5.32 Å². The van der Waals surface area contributed by atoms with Crippen molar-refractivity contribution in [3.05, 3.63) is 41.3 Å². The van der Waals surface area contributed by atoms with Crippen LogP contribution in [0.3, 0.4) is 0 Å². The van der Waals surface area contributed by atoms with Gasteiger partial charge in [-0.15, -0.1) is 0 Å². The fourth-order valence-corrected chi connectivity index (χ4v) is 1.79. The summed E-state index contributed by atoms with van der Waals surface area (Å²) in [6, 6.07) is 6.49. The van der Waals surface area contributed by atoms with Crippen LogP contribution in [0, 0.1) is 13.8 Å². The van der Waals surface area contributed by atoms with Gasteiger partial charge in [0.1, 0.15) is 5.82 Å². The van der Waals surface area contributed by atoms with Gasteiger partial charge >= 0.3 is 0 Å². The molecule has 0 atom stereocenters. The summed E-state index contributed by atoms with van der Waals surface area (Å²) in [7, 11) is 1.95. The number of aryl methyl sites for hydroxylation is 2. The average molecular weight is 229 g/mol. The first kappa shape index (κ1) is 11.9. The second-order valence-corrected chi connectivity index (χ2v) is 4.40. The van der Waals surface area contributed by atoms with Crippen molar-refractivity contribution in [1.29, 1.82) is 0 Å². The summed E-state index contributed by atoms with van der Waals surface area (Å²) in [5, 5.41) is 3.12. The zero-order valence-corrected chi connectivity index (χ0v) is 10.7. The van der Waals surface area contributed by atoms with Gasteiger partial charge in [0.15, 0.2) is 0 Å². The van der Waals surface area contributed by atoms with E-state index in [4.69, 9.17) is 0 Å². The maximum Gasteiger partial charge on any atom is 0.107 e. The zero-order chi connectivity index (χ0) is 12.3. The van der Waals surface area contributed by atoms with Crippen LogP contribution in [-0.2, 0) is 6.42 Å². The fraction of sp³-hybridized carbons (Fsp3) is 0.357. The maximum atomic E-state index is 4.39. The quantitative estimate of drug-likeness (QED) is 0.845. The minimum Gasteiger partial charge on any atom is -0.342 e. The van der Waals surface area contributed by atoms with Crippen molar-refractivity contribution in [1.82, 2.24) is 15.3 Å². The number of benzene rings is 1. The Morgan fingerprint density at radius 2 is 2.06 bits per heavy atom. The second-order valence-electron chi connectivity index (χ2n) is 4.40. The summed E-state index contributed by atoms with van der Waals surface area (Å²) in [6.07, 6.45) is 2.84. The summed E-state index contributed by atoms with van der Waals surface area (Å²) < 4.78 is 0. The van der Waals surface area contributed by atoms with Crippen LogP contribution in [0.4, 0.5) is 0 Å². The van der Waals surface area contributed by atoms with Crippen LogP contribution >= 0.6 is 0 Å². The van der Waals surface area contributed by atoms with Gasteiger partial charge in [-0.05, 0) is 43.7 Å². The van der Waals surface area contributed by atoms with Crippen molar-refractivity contribution in [3.8, 4) is 11.3 Å². The minimum absolute atomic E-state index is 0.932. The molecular formula is C14H19N3. The molecule has 0 aliphatic carbocycles. The van der Waals surface area contributed by atoms with Gasteiger partial charge in [-0.25, -0.2) is 4.98 Å². The molecule has 0 unspecified atom stereocenters. The molecule has 2 rings (SSSR count). The van der Waals surface area contributed by atoms with Crippen LogP contribution in [0.1, 0.15) is 17.0 Å². The highest BCUT2D eigenvalue weighted by Crippen LogP contribution is 2.20. The van der Waals surface area contributed by atoms with E-state index < -0.39 is 0 Å². The van der Waals surface area contributed by atoms with E-state index in [0.29, 0.717) is 0 Å². The summed E-state index contributed by atoms with van der Waals surface area (Å²) in [5.41, 5.74) is 4.94. The number of hydrogen-bond donors (Lipinski definition) is 2. The molecule has 0 saturated heterocycles. The molecule has 1 aromatic carbocycles. The van der Waals surface area contributed by atoms with Gasteiger partial charge in [-0.2, -0.15) is 0 Å². The van der Waals surface area contributed by atoms with Gasteiger partial charge in [-0.3, -0.25) is 0 Å². The third kappa shape index (κ3) is 2.74. The van der Waals surface area contributed by atoms with Gasteiger partial charge in [0.05, 0.1) is 11.9 Å². The molecule has 0 spiro atoms. The molecule has 1 aromatic heterocycles. The van der Waals surface area contributed by atoms with Crippen molar-refractivity contribution >= 4 is 0 Å². The number of nitrogens with zero attached hydrogens (tertiary/aromatic N) is 1. The number of aromatic nitrogens is 2. The molecule has 0 radical (unpaired) electrons. The van der Waals surface area contributed by atoms with Crippen molar-refractivity contribution in [2.45, 2.75) is 20.3 Å². The van der Waals surface area contributed by atoms with Crippen molar-refractivity contribution in [2.75, 3.05) is 13.6 Å². The predicted octanol–water partition coefficient (Wildman–Crippen LogP) is 2.46. The lowest BCUT2D eigenvalue weighted by Gasteiger charge is -2.03. The molecule has 0 aliphatic heterocycles. The Morgan fingerprint density at radius 3 is 2.76 bits per heavy atom. The third-order valence-electron chi connectivity index (χ3n) is 3.06. The summed E-state index contributed by atoms with van der Waals surface area (Å²) in [4.78, 5) is 7.75. The van der Waals surface area contributed by atoms with Gasteiger partial charge < -0.3 is 10.3 Å². The van der Waals surface area contributed by atoms with Gasteiger partial charge in [0, 0.05) is 13.0 Å². The molecule has 90 valence electrons. The Hall–Kier alpha value is -1.61. The second kappa shape index (κ2) is 5.15. The number of H-pyrrole nitrogens is 1. The topological polar surface area (TPSA) is 40.7 Å². The number of imidazole rings is 1. The summed E-state index contributed by atoms with van der Waals surface area (Å²) >= 11 is 0. The van der Waals surface area contributed by atoms with Crippen LogP contribution in [0.25, 0.3) is 11.3 Å². The van der Waals surface area contributed by atoms with E-state index in [9.17, 15) is 0 Å². The largest absolute Gasteiger partial charge is 0.342 e. The molecule has 0 fully saturated rings. The predicted molar refractivity (Wildman–Crippen MR) is 71.1 cm³/mol. The lowest BCUT2D eigenvalue weighted by molar-refractivity contribution is 0.764. The van der Waals surface area contributed by atoms with E-state index in [1.807, 2.05) is 13.2 Å². The van der Waals surface area contributed by atoms with Crippen LogP contribution in [0.5, 0.6) is 0 Å². The van der Waals surface area contributed by atoms with E-state index in [-0.39, 0.29) is 0 Å². The molecule has 3 nitrogen and oxygen atoms in total. The van der Waals surface area contributed by atoms with E-state index >= 15 is 0 Å². The SMILES string of the molecule is CNCCc1ncc(-c2ccc(C)c(C)c2)[nH]1. The van der Waals surface area contributed by atoms with E-state index in [1.54, 1.807) is 0 Å². The smallest absolute Gasteiger partial charge is 0.107 e. The zero-order valence-electron chi connectivity index (χ0n) is 10.7. The van der Waals surface area contributed by atoms with Crippen molar-refractivity contribution in [3.63, 3.8) is 0 Å². The lowest BCUT2D eigenvalue weighted by Crippen LogP contribution is -2.10. The van der Waals surface area contributed by atoms with Gasteiger partial charge in [0.2, 0.25) is 0 Å². The molecule has 0 aliphatic rings. The molecule has 0 saturated carbocycles. The van der Waals surface area contributed by atoms with Crippen molar-refractivity contribution in [2.24, 2.45) is 0 Å². The third-order valence-corrected chi connectivity index (χ3v) is 3.06. The number of hydrogen-bond acceptors (Lipinski definition) is 2. The van der Waals surface area contributed by atoms with Crippen LogP contribution in [0.2, 0.25) is 0 Å². The molecular weight excluding hydrogens is 210 g/mol. The normalized spacial score (nSPS) is 10.8. The summed E-state index contributed by atoms with van der Waals surface area (Å²) in [6.45, 7) is 5.21. The standard InChI is InChI=1S/C14H19N3/c1-10-4-5-12(8-11(10)2)13-9-16-14(17-13)6-7-15-3/h4-5,8-9,15H,6-7H2,1-3H3,(H,16,17). The van der Waals surface area contributed by atoms with Gasteiger partial charge in [0.25, 0.3) is 0 Å². The average Bonchev–Trinajstić information content (AvgIpc) is 2.79. The molecule has 2 N–H and O–H groups in total. The first-order chi connectivity index (χ1) is 8.20. The highest BCUT2D eigenvalue weighted by atomic mass is 14.9. The first-order valence-corrected chi connectivity index (χ1v) is 5.97. The highest BCUT2D eigenvalue weighted by Gasteiger charge is 2.04. The molecule has 1 heterocycles. The monoisotopic (exact) mass is 229 g/mol. The number of aromatic amines is 1. The van der Waals surface area contributed by atoms with Gasteiger partial charge in [-0.1, -0.05) is 12.1 Å². The molecule has 17 heavy (non-hydrogen) atoms. The molecule has 0 amide bonds. The number of nitrogens with one attached hydrogen (secondary N) is 2. The Bertz CT molecular complexity index is 500. The maximum absolute atomic E-state index is 4.39. The van der Waals surface area contributed by atoms with Crippen molar-refractivity contribution < 1.29 is 0 Å². The first-order valence-electron chi connectivity index (χ1n) is 5.97. The summed E-state index contributed by atoms with van der Waals surface area (Å²) in [5.74, 6) is 1.03. The fourth-order valence-electron chi connectivity index (χ4n) is 1.79. The van der Waals surface area contributed by atoms with Crippen LogP contribution in [-0.4, -0.2) is 23.6 Å². The van der Waals surface area contributed by atoms with E-state index in [0.717, 1.165) is 24.5 Å². The molecule has 0 bridgehead atoms. The number of rotatable bonds is 4. The molecule has 3 heteroatoms. The Kier molecular flexibility index (Phi) is 3.59. The highest BCUT2D eigenvalue weighted by molar-refractivity contribution is 5.60. The minimum atomic E-state index is 0.932. The Morgan fingerprint density at radius 1 is 1.24 bits per heavy atom. The van der Waals surface area contributed by atoms with Crippen LogP contribution in [0.15, 0.2) is 24.4 Å². The Balaban J connectivity index is 2.21. The van der Waals surface area contributed by atoms with E-state index in [2.05, 4.69) is 47.3 Å². The number of likely N-dealkylation sites (N-methyl/N-ethyl adjacent to an activating group) is 1.